The van der Waals surface area contributed by atoms with Crippen molar-refractivity contribution in [2.24, 2.45) is 11.3 Å². The summed E-state index contributed by atoms with van der Waals surface area (Å²) in [4.78, 5) is 11.6. The fourth-order valence-corrected chi connectivity index (χ4v) is 3.52. The predicted octanol–water partition coefficient (Wildman–Crippen LogP) is 3.23. The summed E-state index contributed by atoms with van der Waals surface area (Å²) in [6, 6.07) is 6.28. The molecule has 1 N–H and O–H groups in total. The van der Waals surface area contributed by atoms with Crippen molar-refractivity contribution >= 4 is 16.1 Å². The number of benzene rings is 1. The Balaban J connectivity index is 3.11. The third-order valence-corrected chi connectivity index (χ3v) is 4.88. The number of aliphatic carboxylic acids is 1. The van der Waals surface area contributed by atoms with Gasteiger partial charge in [0.25, 0.3) is 10.1 Å². The van der Waals surface area contributed by atoms with E-state index in [4.69, 9.17) is 4.18 Å². The number of carboxylic acids is 1. The summed E-state index contributed by atoms with van der Waals surface area (Å²) in [5, 5.41) is 9.44. The van der Waals surface area contributed by atoms with Crippen LogP contribution in [0.4, 0.5) is 0 Å². The predicted molar refractivity (Wildman–Crippen MR) is 84.1 cm³/mol. The molecule has 1 aromatic carbocycles. The Bertz CT molecular complexity index is 611. The Morgan fingerprint density at radius 1 is 1.23 bits per heavy atom. The highest BCUT2D eigenvalue weighted by atomic mass is 32.2. The Labute approximate surface area is 132 Å². The van der Waals surface area contributed by atoms with E-state index < -0.39 is 33.5 Å². The van der Waals surface area contributed by atoms with Gasteiger partial charge in [0.05, 0.1) is 16.9 Å². The third kappa shape index (κ3) is 4.55. The standard InChI is InChI=1S/C16H24O5S/c1-6-13(14(15(17)18)16(3,4)5)21-22(19,20)12-9-7-11(2)8-10-12/h7-10,13-14H,6H2,1-5H3,(H,17,18). The molecule has 6 heteroatoms. The van der Waals surface area contributed by atoms with Crippen molar-refractivity contribution in [1.82, 2.24) is 0 Å². The summed E-state index contributed by atoms with van der Waals surface area (Å²) in [5.41, 5.74) is 0.319. The quantitative estimate of drug-likeness (QED) is 0.811. The molecule has 0 saturated carbocycles. The lowest BCUT2D eigenvalue weighted by Gasteiger charge is -2.32. The van der Waals surface area contributed by atoms with E-state index in [1.165, 1.54) is 12.1 Å². The Morgan fingerprint density at radius 2 is 1.73 bits per heavy atom. The topological polar surface area (TPSA) is 80.7 Å². The van der Waals surface area contributed by atoms with E-state index in [9.17, 15) is 18.3 Å². The number of hydrogen-bond donors (Lipinski definition) is 1. The second-order valence-corrected chi connectivity index (χ2v) is 8.06. The van der Waals surface area contributed by atoms with Gasteiger partial charge >= 0.3 is 5.97 Å². The first-order chi connectivity index (χ1) is 9.99. The SMILES string of the molecule is CCC(OS(=O)(=O)c1ccc(C)cc1)C(C(=O)O)C(C)(C)C. The zero-order valence-corrected chi connectivity index (χ0v) is 14.5. The highest BCUT2D eigenvalue weighted by molar-refractivity contribution is 7.86. The smallest absolute Gasteiger partial charge is 0.309 e. The number of aryl methyl sites for hydroxylation is 1. The van der Waals surface area contributed by atoms with Crippen molar-refractivity contribution < 1.29 is 22.5 Å². The molecule has 0 saturated heterocycles. The summed E-state index contributed by atoms with van der Waals surface area (Å²) in [6.07, 6.45) is -0.622. The number of carboxylic acid groups (broad SMARTS) is 1. The molecule has 0 aromatic heterocycles. The lowest BCUT2D eigenvalue weighted by molar-refractivity contribution is -0.150. The largest absolute Gasteiger partial charge is 0.481 e. The Hall–Kier alpha value is -1.40. The maximum absolute atomic E-state index is 12.4. The van der Waals surface area contributed by atoms with Gasteiger partial charge in [-0.3, -0.25) is 8.98 Å². The van der Waals surface area contributed by atoms with Crippen molar-refractivity contribution in [2.45, 2.75) is 52.0 Å². The maximum Gasteiger partial charge on any atom is 0.309 e. The van der Waals surface area contributed by atoms with Crippen LogP contribution in [0.15, 0.2) is 29.2 Å². The molecule has 1 aromatic rings. The normalized spacial score (nSPS) is 15.3. The first-order valence-corrected chi connectivity index (χ1v) is 8.62. The van der Waals surface area contributed by atoms with Crippen molar-refractivity contribution in [2.75, 3.05) is 0 Å². The number of rotatable bonds is 6. The second kappa shape index (κ2) is 6.79. The molecule has 0 fully saturated rings. The molecule has 0 spiro atoms. The summed E-state index contributed by atoms with van der Waals surface area (Å²) >= 11 is 0. The van der Waals surface area contributed by atoms with Crippen LogP contribution >= 0.6 is 0 Å². The summed E-state index contributed by atoms with van der Waals surface area (Å²) in [6.45, 7) is 8.85. The van der Waals surface area contributed by atoms with Crippen LogP contribution < -0.4 is 0 Å². The Kier molecular flexibility index (Phi) is 5.76. The minimum atomic E-state index is -3.99. The van der Waals surface area contributed by atoms with Gasteiger partial charge < -0.3 is 5.11 Å². The summed E-state index contributed by atoms with van der Waals surface area (Å²) < 4.78 is 30.0. The molecular weight excluding hydrogens is 304 g/mol. The number of carbonyl (C=O) groups is 1. The molecule has 0 aliphatic carbocycles. The van der Waals surface area contributed by atoms with Gasteiger partial charge in [-0.2, -0.15) is 8.42 Å². The minimum Gasteiger partial charge on any atom is -0.481 e. The van der Waals surface area contributed by atoms with Gasteiger partial charge in [-0.1, -0.05) is 45.4 Å². The molecule has 0 radical (unpaired) electrons. The summed E-state index contributed by atoms with van der Waals surface area (Å²) in [7, 11) is -3.99. The van der Waals surface area contributed by atoms with Crippen LogP contribution in [0.2, 0.25) is 0 Å². The zero-order chi connectivity index (χ0) is 17.1. The molecule has 5 nitrogen and oxygen atoms in total. The van der Waals surface area contributed by atoms with Gasteiger partial charge in [0.1, 0.15) is 0 Å². The van der Waals surface area contributed by atoms with Crippen LogP contribution in [-0.4, -0.2) is 25.6 Å². The van der Waals surface area contributed by atoms with Crippen LogP contribution in [0, 0.1) is 18.3 Å². The summed E-state index contributed by atoms with van der Waals surface area (Å²) in [5.74, 6) is -1.98. The first-order valence-electron chi connectivity index (χ1n) is 7.21. The van der Waals surface area contributed by atoms with Gasteiger partial charge in [0.15, 0.2) is 0 Å². The molecule has 124 valence electrons. The van der Waals surface area contributed by atoms with E-state index in [0.717, 1.165) is 5.56 Å². The van der Waals surface area contributed by atoms with Crippen LogP contribution in [0.3, 0.4) is 0 Å². The van der Waals surface area contributed by atoms with Crippen LogP contribution in [0.25, 0.3) is 0 Å². The zero-order valence-electron chi connectivity index (χ0n) is 13.7. The van der Waals surface area contributed by atoms with Gasteiger partial charge in [0, 0.05) is 0 Å². The molecule has 0 heterocycles. The molecule has 2 unspecified atom stereocenters. The van der Waals surface area contributed by atoms with Crippen LogP contribution in [0.1, 0.15) is 39.7 Å². The number of hydrogen-bond acceptors (Lipinski definition) is 4. The average molecular weight is 328 g/mol. The van der Waals surface area contributed by atoms with E-state index >= 15 is 0 Å². The highest BCUT2D eigenvalue weighted by Crippen LogP contribution is 2.33. The fraction of sp³-hybridized carbons (Fsp3) is 0.562. The van der Waals surface area contributed by atoms with Gasteiger partial charge in [0.2, 0.25) is 0 Å². The highest BCUT2D eigenvalue weighted by Gasteiger charge is 2.40. The lowest BCUT2D eigenvalue weighted by atomic mass is 9.77. The van der Waals surface area contributed by atoms with E-state index in [2.05, 4.69) is 0 Å². The molecule has 0 amide bonds. The molecule has 0 bridgehead atoms. The molecule has 1 rings (SSSR count). The second-order valence-electron chi connectivity index (χ2n) is 6.49. The molecular formula is C16H24O5S. The van der Waals surface area contributed by atoms with Gasteiger partial charge in [-0.25, -0.2) is 0 Å². The average Bonchev–Trinajstić information content (AvgIpc) is 2.36. The first kappa shape index (κ1) is 18.6. The molecule has 0 aliphatic rings. The van der Waals surface area contributed by atoms with Crippen molar-refractivity contribution in [3.63, 3.8) is 0 Å². The van der Waals surface area contributed by atoms with Crippen LogP contribution in [-0.2, 0) is 19.1 Å². The molecule has 22 heavy (non-hydrogen) atoms. The van der Waals surface area contributed by atoms with E-state index in [-0.39, 0.29) is 4.90 Å². The molecule has 2 atom stereocenters. The monoisotopic (exact) mass is 328 g/mol. The Morgan fingerprint density at radius 3 is 2.09 bits per heavy atom. The van der Waals surface area contributed by atoms with Crippen molar-refractivity contribution in [1.29, 1.82) is 0 Å². The third-order valence-electron chi connectivity index (χ3n) is 3.53. The van der Waals surface area contributed by atoms with Crippen LogP contribution in [0.5, 0.6) is 0 Å². The van der Waals surface area contributed by atoms with Crippen molar-refractivity contribution in [3.8, 4) is 0 Å². The van der Waals surface area contributed by atoms with Crippen molar-refractivity contribution in [3.05, 3.63) is 29.8 Å². The minimum absolute atomic E-state index is 0.0367. The molecule has 0 aliphatic heterocycles. The van der Waals surface area contributed by atoms with Gasteiger partial charge in [-0.15, -0.1) is 0 Å². The lowest BCUT2D eigenvalue weighted by Crippen LogP contribution is -2.40. The van der Waals surface area contributed by atoms with E-state index in [1.54, 1.807) is 39.8 Å². The fourth-order valence-electron chi connectivity index (χ4n) is 2.37. The van der Waals surface area contributed by atoms with Gasteiger partial charge in [-0.05, 0) is 30.9 Å². The maximum atomic E-state index is 12.4. The van der Waals surface area contributed by atoms with E-state index in [1.807, 2.05) is 6.92 Å². The van der Waals surface area contributed by atoms with E-state index in [0.29, 0.717) is 6.42 Å².